The van der Waals surface area contributed by atoms with Gasteiger partial charge in [-0.25, -0.2) is 4.98 Å². The van der Waals surface area contributed by atoms with Gasteiger partial charge in [-0.3, -0.25) is 0 Å². The molecule has 0 spiro atoms. The molecule has 4 aliphatic rings. The molecule has 4 heteroatoms. The average molecular weight is 417 g/mol. The maximum absolute atomic E-state index is 6.13. The fourth-order valence-electron chi connectivity index (χ4n) is 6.37. The SMILES string of the molecule is CO[C@@H]1CN(C[C@@H]2CC3C=[C]C=CC3C2)CC[C@H]1n1c(C2CC2)nc2cc(C)ccc21. The molecule has 0 amide bonds. The van der Waals surface area contributed by atoms with Crippen LogP contribution in [0.25, 0.3) is 11.0 Å². The zero-order valence-corrected chi connectivity index (χ0v) is 18.8. The molecule has 1 aliphatic heterocycles. The number of hydrogen-bond donors (Lipinski definition) is 0. The van der Waals surface area contributed by atoms with Crippen LogP contribution in [0, 0.1) is 30.8 Å². The smallest absolute Gasteiger partial charge is 0.113 e. The third-order valence-corrected chi connectivity index (χ3v) is 8.08. The van der Waals surface area contributed by atoms with E-state index in [9.17, 15) is 0 Å². The van der Waals surface area contributed by atoms with Crippen molar-refractivity contribution in [2.75, 3.05) is 26.7 Å². The number of fused-ring (bicyclic) bond motifs is 2. The Morgan fingerprint density at radius 1 is 1.16 bits per heavy atom. The molecule has 4 nitrogen and oxygen atoms in total. The van der Waals surface area contributed by atoms with Gasteiger partial charge in [-0.2, -0.15) is 0 Å². The summed E-state index contributed by atoms with van der Waals surface area (Å²) in [6.07, 6.45) is 16.7. The summed E-state index contributed by atoms with van der Waals surface area (Å²) in [5.74, 6) is 4.19. The summed E-state index contributed by atoms with van der Waals surface area (Å²) in [6, 6.07) is 7.14. The number of imidazole rings is 1. The molecular formula is C27H34N3O. The van der Waals surface area contributed by atoms with E-state index in [-0.39, 0.29) is 6.10 Å². The zero-order valence-electron chi connectivity index (χ0n) is 18.8. The van der Waals surface area contributed by atoms with Crippen LogP contribution in [-0.2, 0) is 4.74 Å². The van der Waals surface area contributed by atoms with Gasteiger partial charge in [0.2, 0.25) is 0 Å². The number of nitrogens with zero attached hydrogens (tertiary/aromatic N) is 3. The Morgan fingerprint density at radius 3 is 2.84 bits per heavy atom. The van der Waals surface area contributed by atoms with Crippen LogP contribution >= 0.6 is 0 Å². The van der Waals surface area contributed by atoms with Crippen LogP contribution in [0.5, 0.6) is 0 Å². The highest BCUT2D eigenvalue weighted by Crippen LogP contribution is 2.44. The number of rotatable bonds is 5. The number of ether oxygens (including phenoxy) is 1. The molecule has 163 valence electrons. The van der Waals surface area contributed by atoms with Crippen LogP contribution in [0.4, 0.5) is 0 Å². The molecule has 2 unspecified atom stereocenters. The molecule has 0 bridgehead atoms. The number of piperidine rings is 1. The second kappa shape index (κ2) is 7.90. The Kier molecular flexibility index (Phi) is 5.03. The van der Waals surface area contributed by atoms with Crippen molar-refractivity contribution in [1.82, 2.24) is 14.5 Å². The quantitative estimate of drug-likeness (QED) is 0.683. The van der Waals surface area contributed by atoms with Gasteiger partial charge >= 0.3 is 0 Å². The highest BCUT2D eigenvalue weighted by atomic mass is 16.5. The molecule has 1 radical (unpaired) electrons. The van der Waals surface area contributed by atoms with Gasteiger partial charge in [-0.1, -0.05) is 24.3 Å². The third-order valence-electron chi connectivity index (χ3n) is 8.08. The number of hydrogen-bond acceptors (Lipinski definition) is 3. The Bertz CT molecular complexity index is 997. The molecule has 31 heavy (non-hydrogen) atoms. The first-order valence-corrected chi connectivity index (χ1v) is 12.2. The first-order valence-electron chi connectivity index (χ1n) is 12.2. The van der Waals surface area contributed by atoms with E-state index in [0.29, 0.717) is 17.9 Å². The summed E-state index contributed by atoms with van der Waals surface area (Å²) in [7, 11) is 1.90. The molecular weight excluding hydrogens is 382 g/mol. The zero-order chi connectivity index (χ0) is 20.9. The minimum Gasteiger partial charge on any atom is -0.378 e. The van der Waals surface area contributed by atoms with Gasteiger partial charge in [-0.05, 0) is 80.6 Å². The predicted octanol–water partition coefficient (Wildman–Crippen LogP) is 5.06. The summed E-state index contributed by atoms with van der Waals surface area (Å²) in [4.78, 5) is 7.77. The van der Waals surface area contributed by atoms with E-state index in [0.717, 1.165) is 36.9 Å². The van der Waals surface area contributed by atoms with Gasteiger partial charge in [0.15, 0.2) is 0 Å². The number of aromatic nitrogens is 2. The van der Waals surface area contributed by atoms with Gasteiger partial charge < -0.3 is 14.2 Å². The van der Waals surface area contributed by atoms with Gasteiger partial charge in [0, 0.05) is 32.7 Å². The fraction of sp³-hybridized carbons (Fsp3) is 0.593. The van der Waals surface area contributed by atoms with Crippen LogP contribution in [0.3, 0.4) is 0 Å². The summed E-state index contributed by atoms with van der Waals surface area (Å²) < 4.78 is 8.69. The molecule has 1 aromatic carbocycles. The molecule has 0 N–H and O–H groups in total. The lowest BCUT2D eigenvalue weighted by atomic mass is 9.92. The molecule has 2 aromatic rings. The maximum atomic E-state index is 6.13. The lowest BCUT2D eigenvalue weighted by molar-refractivity contribution is -0.00977. The van der Waals surface area contributed by atoms with E-state index < -0.39 is 0 Å². The normalized spacial score (nSPS) is 33.3. The van der Waals surface area contributed by atoms with E-state index in [1.807, 2.05) is 7.11 Å². The average Bonchev–Trinajstić information content (AvgIpc) is 3.44. The Balaban J connectivity index is 1.21. The minimum atomic E-state index is 0.224. The lowest BCUT2D eigenvalue weighted by Gasteiger charge is -2.40. The van der Waals surface area contributed by atoms with Crippen molar-refractivity contribution in [2.24, 2.45) is 17.8 Å². The Morgan fingerprint density at radius 2 is 2.03 bits per heavy atom. The molecule has 1 saturated heterocycles. The van der Waals surface area contributed by atoms with E-state index >= 15 is 0 Å². The number of likely N-dealkylation sites (tertiary alicyclic amines) is 1. The van der Waals surface area contributed by atoms with Gasteiger partial charge in [0.25, 0.3) is 0 Å². The highest BCUT2D eigenvalue weighted by Gasteiger charge is 2.39. The van der Waals surface area contributed by atoms with Gasteiger partial charge in [0.05, 0.1) is 23.2 Å². The molecule has 2 heterocycles. The molecule has 3 aliphatic carbocycles. The topological polar surface area (TPSA) is 30.3 Å². The van der Waals surface area contributed by atoms with Crippen LogP contribution in [0.15, 0.2) is 36.4 Å². The second-order valence-corrected chi connectivity index (χ2v) is 10.4. The van der Waals surface area contributed by atoms with Crippen LogP contribution in [0.2, 0.25) is 0 Å². The van der Waals surface area contributed by atoms with E-state index in [1.165, 1.54) is 49.1 Å². The third kappa shape index (κ3) is 3.68. The minimum absolute atomic E-state index is 0.224. The first-order chi connectivity index (χ1) is 15.2. The van der Waals surface area contributed by atoms with E-state index in [4.69, 9.17) is 9.72 Å². The monoisotopic (exact) mass is 416 g/mol. The second-order valence-electron chi connectivity index (χ2n) is 10.4. The summed E-state index contributed by atoms with van der Waals surface area (Å²) in [5.41, 5.74) is 3.74. The van der Waals surface area contributed by atoms with Crippen LogP contribution in [-0.4, -0.2) is 47.3 Å². The number of allylic oxidation sites excluding steroid dienone is 4. The van der Waals surface area contributed by atoms with Crippen molar-refractivity contribution in [1.29, 1.82) is 0 Å². The van der Waals surface area contributed by atoms with E-state index in [2.05, 4.69) is 58.9 Å². The number of aryl methyl sites for hydroxylation is 1. The Labute approximate surface area is 186 Å². The van der Waals surface area contributed by atoms with E-state index in [1.54, 1.807) is 0 Å². The maximum Gasteiger partial charge on any atom is 0.113 e. The molecule has 1 aromatic heterocycles. The van der Waals surface area contributed by atoms with Crippen LogP contribution < -0.4 is 0 Å². The Hall–Kier alpha value is -1.91. The molecule has 2 saturated carbocycles. The van der Waals surface area contributed by atoms with Crippen molar-refractivity contribution in [3.63, 3.8) is 0 Å². The highest BCUT2D eigenvalue weighted by molar-refractivity contribution is 5.77. The summed E-state index contributed by atoms with van der Waals surface area (Å²) in [5, 5.41) is 0. The molecule has 5 atom stereocenters. The molecule has 3 fully saturated rings. The van der Waals surface area contributed by atoms with Crippen LogP contribution in [0.1, 0.15) is 55.5 Å². The van der Waals surface area contributed by atoms with Crippen molar-refractivity contribution < 1.29 is 4.74 Å². The standard InChI is InChI=1S/C27H34N3O/c1-18-7-10-24-23(13-18)28-27(20-8-9-20)30(24)25-11-12-29(17-26(25)31-2)16-19-14-21-5-3-4-6-22(21)15-19/h3,5-7,10,13,19-22,25-26H,8-9,11-12,14-17H2,1-2H3/t19-,21?,22?,25+,26+/m0/s1. The number of methoxy groups -OCH3 is 1. The first kappa shape index (κ1) is 19.8. The summed E-state index contributed by atoms with van der Waals surface area (Å²) in [6.45, 7) is 5.55. The van der Waals surface area contributed by atoms with Crippen molar-refractivity contribution in [2.45, 2.75) is 57.1 Å². The summed E-state index contributed by atoms with van der Waals surface area (Å²) >= 11 is 0. The largest absolute Gasteiger partial charge is 0.378 e. The fourth-order valence-corrected chi connectivity index (χ4v) is 6.37. The van der Waals surface area contributed by atoms with Gasteiger partial charge in [-0.15, -0.1) is 0 Å². The van der Waals surface area contributed by atoms with Crippen molar-refractivity contribution in [3.8, 4) is 0 Å². The number of benzene rings is 1. The molecule has 6 rings (SSSR count). The predicted molar refractivity (Wildman–Crippen MR) is 124 cm³/mol. The van der Waals surface area contributed by atoms with Gasteiger partial charge in [0.1, 0.15) is 5.82 Å². The van der Waals surface area contributed by atoms with Crippen molar-refractivity contribution in [3.05, 3.63) is 53.9 Å². The lowest BCUT2D eigenvalue weighted by Crippen LogP contribution is -2.47. The van der Waals surface area contributed by atoms with Crippen molar-refractivity contribution >= 4 is 11.0 Å².